The first-order valence-electron chi connectivity index (χ1n) is 4.81. The smallest absolute Gasteiger partial charge is 0.399 e. The van der Waals surface area contributed by atoms with E-state index in [0.717, 1.165) is 18.1 Å². The molecule has 0 amide bonds. The van der Waals surface area contributed by atoms with E-state index in [1.807, 2.05) is 0 Å². The normalized spacial score (nSPS) is 12.8. The van der Waals surface area contributed by atoms with Gasteiger partial charge in [0.05, 0.1) is 0 Å². The molecule has 3 nitrogen and oxygen atoms in total. The molecule has 13 heavy (non-hydrogen) atoms. The highest BCUT2D eigenvalue weighted by atomic mass is 28.4. The number of hydrogen-bond donors (Lipinski definition) is 0. The van der Waals surface area contributed by atoms with Gasteiger partial charge in [-0.25, -0.2) is 0 Å². The molecule has 0 rings (SSSR count). The fourth-order valence-electron chi connectivity index (χ4n) is 1.31. The Balaban J connectivity index is 4.40. The highest BCUT2D eigenvalue weighted by Crippen LogP contribution is 2.22. The molecule has 0 radical (unpaired) electrons. The lowest BCUT2D eigenvalue weighted by atomic mass is 10.9. The fraction of sp³-hybridized carbons (Fsp3) is 0.889. The summed E-state index contributed by atoms with van der Waals surface area (Å²) < 4.78 is 15.7. The summed E-state index contributed by atoms with van der Waals surface area (Å²) in [7, 11) is 1.53. The Morgan fingerprint density at radius 1 is 1.15 bits per heavy atom. The summed E-state index contributed by atoms with van der Waals surface area (Å²) in [4.78, 5) is 0. The predicted molar refractivity (Wildman–Crippen MR) is 56.6 cm³/mol. The first kappa shape index (κ1) is 12.5. The minimum absolute atomic E-state index is 0.317. The molecule has 0 spiro atoms. The van der Waals surface area contributed by atoms with E-state index in [9.17, 15) is 0 Å². The maximum absolute atomic E-state index is 5.80. The Labute approximate surface area is 81.9 Å². The van der Waals surface area contributed by atoms with E-state index in [4.69, 9.17) is 13.6 Å². The van der Waals surface area contributed by atoms with Crippen LogP contribution in [0, 0.1) is 0 Å². The van der Waals surface area contributed by atoms with Crippen molar-refractivity contribution in [2.75, 3.05) is 14.2 Å². The van der Waals surface area contributed by atoms with Crippen LogP contribution < -0.4 is 0 Å². The Morgan fingerprint density at radius 3 is 1.85 bits per heavy atom. The number of methoxy groups -OCH3 is 1. The molecule has 0 saturated carbocycles. The van der Waals surface area contributed by atoms with E-state index in [1.54, 1.807) is 14.2 Å². The minimum atomic E-state index is -1.61. The summed E-state index contributed by atoms with van der Waals surface area (Å²) in [6.07, 6.45) is 0.317. The molecule has 0 unspecified atom stereocenters. The van der Waals surface area contributed by atoms with Gasteiger partial charge in [0.15, 0.2) is 0 Å². The van der Waals surface area contributed by atoms with Crippen LogP contribution in [-0.4, -0.2) is 28.7 Å². The monoisotopic (exact) mass is 205 g/mol. The summed E-state index contributed by atoms with van der Waals surface area (Å²) in [5.74, 6) is 0. The van der Waals surface area contributed by atoms with Gasteiger partial charge in [-0.15, -0.1) is 0 Å². The van der Waals surface area contributed by atoms with Crippen LogP contribution in [0.4, 0.5) is 4.42 Å². The van der Waals surface area contributed by atoms with Gasteiger partial charge < -0.3 is 13.6 Å². The summed E-state index contributed by atoms with van der Waals surface area (Å²) in [6, 6.07) is 3.28. The number of rotatable bonds is 4. The first-order valence-corrected chi connectivity index (χ1v) is 7.34. The van der Waals surface area contributed by atoms with Crippen molar-refractivity contribution in [3.8, 4) is 0 Å². The van der Waals surface area contributed by atoms with Gasteiger partial charge in [-0.2, -0.15) is 0 Å². The van der Waals surface area contributed by atoms with E-state index in [0.29, 0.717) is 6.16 Å². The van der Waals surface area contributed by atoms with E-state index in [2.05, 4.69) is 20.8 Å². The standard InChI is InChI=1S/C9H21O3Si/c1-6-13(7-2,8-3)12-9(10-4)11-5/h6-8H2,1-5H3/q+1. The largest absolute Gasteiger partial charge is 0.694 e. The van der Waals surface area contributed by atoms with Crippen LogP contribution in [0.25, 0.3) is 0 Å². The molecule has 78 valence electrons. The van der Waals surface area contributed by atoms with Gasteiger partial charge in [0.25, 0.3) is 0 Å². The molecular weight excluding hydrogens is 184 g/mol. The van der Waals surface area contributed by atoms with Crippen LogP contribution >= 0.6 is 0 Å². The molecule has 0 saturated heterocycles. The second-order valence-corrected chi connectivity index (χ2v) is 7.70. The Kier molecular flexibility index (Phi) is 5.78. The Bertz CT molecular complexity index is 156. The van der Waals surface area contributed by atoms with Gasteiger partial charge in [-0.3, -0.25) is 0 Å². The first-order chi connectivity index (χ1) is 6.17. The lowest BCUT2D eigenvalue weighted by Crippen LogP contribution is -2.38. The van der Waals surface area contributed by atoms with Gasteiger partial charge in [0.2, 0.25) is 0 Å². The molecule has 0 aromatic carbocycles. The van der Waals surface area contributed by atoms with Crippen molar-refractivity contribution in [3.63, 3.8) is 0 Å². The molecule has 0 aliphatic carbocycles. The average molecular weight is 205 g/mol. The fourth-order valence-corrected chi connectivity index (χ4v) is 3.76. The summed E-state index contributed by atoms with van der Waals surface area (Å²) in [5.41, 5.74) is 0. The Morgan fingerprint density at radius 2 is 1.62 bits per heavy atom. The van der Waals surface area contributed by atoms with Gasteiger partial charge in [0.1, 0.15) is 14.2 Å². The molecule has 0 fully saturated rings. The van der Waals surface area contributed by atoms with Crippen LogP contribution in [0.15, 0.2) is 0 Å². The van der Waals surface area contributed by atoms with Gasteiger partial charge in [-0.1, -0.05) is 20.8 Å². The molecule has 4 heteroatoms. The van der Waals surface area contributed by atoms with Gasteiger partial charge in [0, 0.05) is 0 Å². The molecule has 0 N–H and O–H groups in total. The van der Waals surface area contributed by atoms with Gasteiger partial charge >= 0.3 is 14.5 Å². The van der Waals surface area contributed by atoms with E-state index >= 15 is 0 Å². The second-order valence-electron chi connectivity index (χ2n) is 3.00. The molecule has 0 aromatic rings. The quantitative estimate of drug-likeness (QED) is 0.401. The zero-order valence-corrected chi connectivity index (χ0v) is 10.3. The van der Waals surface area contributed by atoms with Crippen molar-refractivity contribution >= 4 is 14.5 Å². The molecular formula is C9H21O3Si+. The van der Waals surface area contributed by atoms with E-state index in [1.165, 1.54) is 0 Å². The van der Waals surface area contributed by atoms with Crippen molar-refractivity contribution in [1.29, 1.82) is 0 Å². The van der Waals surface area contributed by atoms with Gasteiger partial charge in [-0.05, 0) is 18.1 Å². The second kappa shape index (κ2) is 6.02. The lowest BCUT2D eigenvalue weighted by Gasteiger charge is -2.19. The van der Waals surface area contributed by atoms with Crippen LogP contribution in [0.1, 0.15) is 20.8 Å². The van der Waals surface area contributed by atoms with Crippen molar-refractivity contribution < 1.29 is 13.6 Å². The zero-order chi connectivity index (χ0) is 10.3. The third-order valence-electron chi connectivity index (χ3n) is 2.57. The molecule has 0 aliphatic rings. The van der Waals surface area contributed by atoms with Crippen LogP contribution in [-0.2, 0) is 9.16 Å². The van der Waals surface area contributed by atoms with Crippen LogP contribution in [0.3, 0.4) is 0 Å². The summed E-state index contributed by atoms with van der Waals surface area (Å²) in [6.45, 7) is 6.51. The third-order valence-corrected chi connectivity index (χ3v) is 7.03. The topological polar surface area (TPSA) is 29.8 Å². The average Bonchev–Trinajstić information content (AvgIpc) is 2.21. The number of hydrogen-bond acceptors (Lipinski definition) is 2. The minimum Gasteiger partial charge on any atom is -0.399 e. The maximum Gasteiger partial charge on any atom is 0.694 e. The van der Waals surface area contributed by atoms with Crippen LogP contribution in [0.2, 0.25) is 18.1 Å². The van der Waals surface area contributed by atoms with Crippen molar-refractivity contribution in [1.82, 2.24) is 0 Å². The SMILES string of the molecule is CC[Si](CC)(CC)OC(OC)=[O+]C. The molecule has 0 heterocycles. The van der Waals surface area contributed by atoms with E-state index < -0.39 is 8.32 Å². The van der Waals surface area contributed by atoms with Crippen LogP contribution in [0.5, 0.6) is 0 Å². The maximum atomic E-state index is 5.80. The third kappa shape index (κ3) is 3.38. The number of ether oxygens (including phenoxy) is 1. The number of carbonyl (C=O) groups excluding carboxylic acids is 1. The molecule has 0 aromatic heterocycles. The van der Waals surface area contributed by atoms with Crippen molar-refractivity contribution in [2.45, 2.75) is 38.9 Å². The molecule has 0 bridgehead atoms. The molecule has 0 atom stereocenters. The highest BCUT2D eigenvalue weighted by molar-refractivity contribution is 6.74. The van der Waals surface area contributed by atoms with E-state index in [-0.39, 0.29) is 0 Å². The zero-order valence-electron chi connectivity index (χ0n) is 9.35. The molecule has 0 aliphatic heterocycles. The highest BCUT2D eigenvalue weighted by Gasteiger charge is 2.40. The predicted octanol–water partition coefficient (Wildman–Crippen LogP) is 2.94. The summed E-state index contributed by atoms with van der Waals surface area (Å²) >= 11 is 0. The van der Waals surface area contributed by atoms with Crippen molar-refractivity contribution in [2.24, 2.45) is 0 Å². The summed E-state index contributed by atoms with van der Waals surface area (Å²) in [5, 5.41) is 0. The Hall–Kier alpha value is -0.513. The van der Waals surface area contributed by atoms with Crippen molar-refractivity contribution in [3.05, 3.63) is 0 Å². The lowest BCUT2D eigenvalue weighted by molar-refractivity contribution is -0.126.